The van der Waals surface area contributed by atoms with Gasteiger partial charge in [0.25, 0.3) is 0 Å². The minimum absolute atomic E-state index is 0.0635. The maximum atomic E-state index is 14.1. The summed E-state index contributed by atoms with van der Waals surface area (Å²) in [7, 11) is 0. The smallest absolute Gasteiger partial charge is 0.307 e. The van der Waals surface area contributed by atoms with Gasteiger partial charge in [-0.1, -0.05) is 60.7 Å². The molecule has 0 spiro atoms. The van der Waals surface area contributed by atoms with E-state index in [1.165, 1.54) is 0 Å². The van der Waals surface area contributed by atoms with Crippen molar-refractivity contribution in [2.45, 2.75) is 51.5 Å². The van der Waals surface area contributed by atoms with Gasteiger partial charge >= 0.3 is 17.9 Å². The van der Waals surface area contributed by atoms with Crippen LogP contribution in [0.4, 0.5) is 0 Å². The summed E-state index contributed by atoms with van der Waals surface area (Å²) in [6.07, 6.45) is 3.82. The van der Waals surface area contributed by atoms with Gasteiger partial charge in [-0.2, -0.15) is 0 Å². The number of nitrogens with one attached hydrogen (secondary N) is 3. The van der Waals surface area contributed by atoms with Crippen LogP contribution in [0.2, 0.25) is 0 Å². The second-order valence-corrected chi connectivity index (χ2v) is 15.8. The van der Waals surface area contributed by atoms with Crippen LogP contribution in [0, 0.1) is 35.5 Å². The predicted octanol–water partition coefficient (Wildman–Crippen LogP) is 3.90. The van der Waals surface area contributed by atoms with E-state index in [0.717, 1.165) is 66.7 Å². The van der Waals surface area contributed by atoms with E-state index in [1.54, 1.807) is 4.90 Å². The Morgan fingerprint density at radius 3 is 1.50 bits per heavy atom. The van der Waals surface area contributed by atoms with Gasteiger partial charge in [0.15, 0.2) is 0 Å². The molecule has 56 heavy (non-hydrogen) atoms. The number of hydrogen-bond acceptors (Lipinski definition) is 8. The fraction of sp³-hybridized carbons (Fsp3) is 0.500. The average molecular weight is 769 g/mol. The molecule has 3 aromatic carbocycles. The van der Waals surface area contributed by atoms with Crippen LogP contribution < -0.4 is 20.7 Å². The van der Waals surface area contributed by atoms with E-state index >= 15 is 0 Å². The van der Waals surface area contributed by atoms with Crippen molar-refractivity contribution in [2.75, 3.05) is 52.4 Å². The van der Waals surface area contributed by atoms with Crippen LogP contribution in [0.5, 0.6) is 5.75 Å². The van der Waals surface area contributed by atoms with Gasteiger partial charge in [0, 0.05) is 6.54 Å². The van der Waals surface area contributed by atoms with Crippen molar-refractivity contribution in [1.82, 2.24) is 20.9 Å². The summed E-state index contributed by atoms with van der Waals surface area (Å²) in [5, 5.41) is 39.8. The fourth-order valence-corrected chi connectivity index (χ4v) is 8.75. The monoisotopic (exact) mass is 768 g/mol. The first-order valence-electron chi connectivity index (χ1n) is 20.1. The molecule has 3 aliphatic rings. The number of carboxylic acids is 3. The molecule has 3 aromatic rings. The standard InChI is InChI=1S/C44H56N4O8/c49-41(24-31-6-1-4-29(18-31)21-38(42(50)51)34-10-13-45-25-34)48(28-33-8-2-5-30(19-33)22-39(43(52)53)35-11-14-46-26-35)16-17-56-37-9-3-7-32(20-37)23-40(44(54)55)36-12-15-47-27-36/h1-9,18-20,34-36,38-40,45-47H,10-17,21-28H2,(H,50,51)(H,52,53)(H,54,55)/t34-,35-,36-,38-,39-,40-/m0/s1. The third-order valence-corrected chi connectivity index (χ3v) is 11.9. The molecular weight excluding hydrogens is 713 g/mol. The van der Waals surface area contributed by atoms with Crippen LogP contribution >= 0.6 is 0 Å². The van der Waals surface area contributed by atoms with Crippen molar-refractivity contribution < 1.29 is 39.2 Å². The van der Waals surface area contributed by atoms with Crippen molar-refractivity contribution in [3.8, 4) is 5.75 Å². The Bertz CT molecular complexity index is 1800. The van der Waals surface area contributed by atoms with Gasteiger partial charge in [0.2, 0.25) is 5.91 Å². The van der Waals surface area contributed by atoms with Gasteiger partial charge in [-0.3, -0.25) is 19.2 Å². The van der Waals surface area contributed by atoms with E-state index in [9.17, 15) is 34.5 Å². The number of carbonyl (C=O) groups is 4. The van der Waals surface area contributed by atoms with E-state index in [1.807, 2.05) is 72.8 Å². The number of carbonyl (C=O) groups excluding carboxylic acids is 1. The Balaban J connectivity index is 1.15. The van der Waals surface area contributed by atoms with E-state index in [2.05, 4.69) is 16.0 Å². The number of benzene rings is 3. The quantitative estimate of drug-likeness (QED) is 0.0984. The fourth-order valence-electron chi connectivity index (χ4n) is 8.75. The highest BCUT2D eigenvalue weighted by molar-refractivity contribution is 5.79. The Morgan fingerprint density at radius 2 is 1.04 bits per heavy atom. The zero-order chi connectivity index (χ0) is 39.4. The minimum atomic E-state index is -0.804. The SMILES string of the molecule is O=C(O)[C@@H](Cc1cccc(CC(=O)N(CCOc2cccc(C[C@H](C(=O)O)[C@H]3CCNC3)c2)Cc2cccc(C[C@H](C(=O)O)[C@H]3CCNC3)c2)c1)[C@H]1CCNC1. The van der Waals surface area contributed by atoms with E-state index < -0.39 is 35.7 Å². The van der Waals surface area contributed by atoms with Crippen molar-refractivity contribution in [1.29, 1.82) is 0 Å². The Kier molecular flexibility index (Phi) is 14.5. The topological polar surface area (TPSA) is 178 Å². The Morgan fingerprint density at radius 1 is 0.607 bits per heavy atom. The van der Waals surface area contributed by atoms with Gasteiger partial charge in [-0.25, -0.2) is 0 Å². The molecule has 0 radical (unpaired) electrons. The van der Waals surface area contributed by atoms with Gasteiger partial charge < -0.3 is 40.9 Å². The number of rotatable bonds is 20. The molecule has 1 amide bonds. The number of amides is 1. The molecule has 0 saturated carbocycles. The van der Waals surface area contributed by atoms with Crippen LogP contribution in [-0.2, 0) is 51.4 Å². The lowest BCUT2D eigenvalue weighted by molar-refractivity contribution is -0.144. The molecule has 3 aliphatic heterocycles. The molecule has 3 fully saturated rings. The zero-order valence-electron chi connectivity index (χ0n) is 32.0. The molecule has 6 atom stereocenters. The Labute approximate surface area is 329 Å². The first-order chi connectivity index (χ1) is 27.1. The number of nitrogens with zero attached hydrogens (tertiary/aromatic N) is 1. The molecule has 6 N–H and O–H groups in total. The van der Waals surface area contributed by atoms with Gasteiger partial charge in [-0.05, 0) is 135 Å². The molecule has 0 unspecified atom stereocenters. The van der Waals surface area contributed by atoms with Gasteiger partial charge in [0.1, 0.15) is 12.4 Å². The van der Waals surface area contributed by atoms with Crippen LogP contribution in [0.15, 0.2) is 72.8 Å². The molecular formula is C44H56N4O8. The Hall–Kier alpha value is -4.78. The third-order valence-electron chi connectivity index (χ3n) is 11.9. The number of ether oxygens (including phenoxy) is 1. The number of hydrogen-bond donors (Lipinski definition) is 6. The molecule has 0 aromatic heterocycles. The highest BCUT2D eigenvalue weighted by Gasteiger charge is 2.33. The summed E-state index contributed by atoms with van der Waals surface area (Å²) in [5.74, 6) is -3.20. The molecule has 12 nitrogen and oxygen atoms in total. The maximum Gasteiger partial charge on any atom is 0.307 e. The largest absolute Gasteiger partial charge is 0.492 e. The summed E-state index contributed by atoms with van der Waals surface area (Å²) in [4.78, 5) is 52.4. The normalized spacial score (nSPS) is 21.0. The molecule has 3 saturated heterocycles. The lowest BCUT2D eigenvalue weighted by Crippen LogP contribution is -2.35. The number of aliphatic carboxylic acids is 3. The van der Waals surface area contributed by atoms with Gasteiger partial charge in [0.05, 0.1) is 30.7 Å². The molecule has 6 rings (SSSR count). The average Bonchev–Trinajstić information content (AvgIpc) is 4.00. The van der Waals surface area contributed by atoms with E-state index in [0.29, 0.717) is 51.2 Å². The van der Waals surface area contributed by atoms with Gasteiger partial charge in [-0.15, -0.1) is 0 Å². The summed E-state index contributed by atoms with van der Waals surface area (Å²) in [6.45, 7) is 5.32. The van der Waals surface area contributed by atoms with Crippen LogP contribution in [0.1, 0.15) is 47.1 Å². The predicted molar refractivity (Wildman–Crippen MR) is 211 cm³/mol. The number of carboxylic acid groups (broad SMARTS) is 3. The summed E-state index contributed by atoms with van der Waals surface area (Å²) < 4.78 is 6.19. The highest BCUT2D eigenvalue weighted by Crippen LogP contribution is 2.27. The summed E-state index contributed by atoms with van der Waals surface area (Å²) in [5.41, 5.74) is 4.36. The van der Waals surface area contributed by atoms with Crippen molar-refractivity contribution in [3.05, 3.63) is 101 Å². The molecule has 12 heteroatoms. The summed E-state index contributed by atoms with van der Waals surface area (Å²) >= 11 is 0. The van der Waals surface area contributed by atoms with E-state index in [-0.39, 0.29) is 43.2 Å². The molecule has 3 heterocycles. The molecule has 0 bridgehead atoms. The van der Waals surface area contributed by atoms with Crippen molar-refractivity contribution >= 4 is 23.8 Å². The second-order valence-electron chi connectivity index (χ2n) is 15.8. The highest BCUT2D eigenvalue weighted by atomic mass is 16.5. The lowest BCUT2D eigenvalue weighted by atomic mass is 9.86. The molecule has 0 aliphatic carbocycles. The van der Waals surface area contributed by atoms with Crippen molar-refractivity contribution in [3.63, 3.8) is 0 Å². The van der Waals surface area contributed by atoms with Crippen LogP contribution in [-0.4, -0.2) is 96.5 Å². The third kappa shape index (κ3) is 11.4. The zero-order valence-corrected chi connectivity index (χ0v) is 32.0. The second kappa shape index (κ2) is 19.9. The summed E-state index contributed by atoms with van der Waals surface area (Å²) in [6, 6.07) is 22.9. The van der Waals surface area contributed by atoms with Crippen LogP contribution in [0.25, 0.3) is 0 Å². The van der Waals surface area contributed by atoms with E-state index in [4.69, 9.17) is 4.74 Å². The maximum absolute atomic E-state index is 14.1. The minimum Gasteiger partial charge on any atom is -0.492 e. The van der Waals surface area contributed by atoms with Crippen LogP contribution in [0.3, 0.4) is 0 Å². The first kappa shape index (κ1) is 40.9. The first-order valence-corrected chi connectivity index (χ1v) is 20.1. The van der Waals surface area contributed by atoms with Crippen molar-refractivity contribution in [2.24, 2.45) is 35.5 Å². The molecule has 300 valence electrons. The lowest BCUT2D eigenvalue weighted by Gasteiger charge is -2.24.